The topological polar surface area (TPSA) is 96.4 Å². The molecule has 214 valence electrons. The second kappa shape index (κ2) is 10.7. The number of nitrogens with zero attached hydrogens (tertiary/aromatic N) is 2. The van der Waals surface area contributed by atoms with Crippen LogP contribution in [0.5, 0.6) is 0 Å². The van der Waals surface area contributed by atoms with E-state index in [0.29, 0.717) is 22.7 Å². The number of aliphatic hydroxyl groups excluding tert-OH is 1. The number of halogens is 1. The fourth-order valence-electron chi connectivity index (χ4n) is 6.95. The second-order valence-corrected chi connectivity index (χ2v) is 11.7. The molecular formula is C32H33ClN2O6. The van der Waals surface area contributed by atoms with Gasteiger partial charge >= 0.3 is 5.97 Å². The van der Waals surface area contributed by atoms with Gasteiger partial charge in [0.15, 0.2) is 0 Å². The molecule has 41 heavy (non-hydrogen) atoms. The van der Waals surface area contributed by atoms with Crippen LogP contribution in [-0.4, -0.2) is 64.8 Å². The lowest BCUT2D eigenvalue weighted by Gasteiger charge is -2.40. The number of carbonyl (C=O) groups is 3. The maximum absolute atomic E-state index is 14.7. The SMILES string of the molecule is C[C@]12/C=C\CCCCOC(=O)[C@H]1[C@H]1C(=O)N([C@H](CO)c3ccccc3)C3C(=O)N(c4ccc(Cl)cc4)CC=C[C@@]31O2. The minimum Gasteiger partial charge on any atom is -0.465 e. The van der Waals surface area contributed by atoms with E-state index in [1.165, 1.54) is 4.90 Å². The number of aliphatic hydroxyl groups is 1. The van der Waals surface area contributed by atoms with Gasteiger partial charge in [-0.2, -0.15) is 0 Å². The first-order valence-corrected chi connectivity index (χ1v) is 14.5. The summed E-state index contributed by atoms with van der Waals surface area (Å²) in [6.45, 7) is 1.86. The largest absolute Gasteiger partial charge is 0.465 e. The van der Waals surface area contributed by atoms with Crippen molar-refractivity contribution in [2.75, 3.05) is 24.7 Å². The Morgan fingerprint density at radius 1 is 0.976 bits per heavy atom. The molecule has 6 rings (SSSR count). The molecule has 1 unspecified atom stereocenters. The number of esters is 1. The summed E-state index contributed by atoms with van der Waals surface area (Å²) in [6, 6.07) is 14.0. The normalized spacial score (nSPS) is 33.0. The molecule has 2 saturated heterocycles. The number of likely N-dealkylation sites (tertiary alicyclic amines) is 1. The van der Waals surface area contributed by atoms with E-state index in [4.69, 9.17) is 21.1 Å². The molecule has 0 aliphatic carbocycles. The number of allylic oxidation sites excluding steroid dienone is 1. The number of carbonyl (C=O) groups excluding carboxylic acids is 3. The molecule has 9 heteroatoms. The highest BCUT2D eigenvalue weighted by molar-refractivity contribution is 6.30. The fraction of sp³-hybridized carbons (Fsp3) is 0.406. The number of benzene rings is 2. The van der Waals surface area contributed by atoms with Gasteiger partial charge in [-0.1, -0.05) is 66.2 Å². The Labute approximate surface area is 244 Å². The predicted molar refractivity (Wildman–Crippen MR) is 153 cm³/mol. The Balaban J connectivity index is 1.53. The maximum Gasteiger partial charge on any atom is 0.313 e. The number of anilines is 1. The standard InChI is InChI=1S/C32H33ClN2O6/c1-31-16-7-2-3-8-19-40-30(39)26(31)25-28(37)35(24(20-36)21-10-5-4-6-11-21)27-29(38)34(18-9-17-32(25,27)41-31)23-14-12-22(33)13-15-23/h4-7,9-17,24-27,36H,2-3,8,18-20H2,1H3/b16-7-/t24-,25+,26-,27?,31+,32+/m1/s1. The monoisotopic (exact) mass is 576 g/mol. The summed E-state index contributed by atoms with van der Waals surface area (Å²) in [7, 11) is 0. The van der Waals surface area contributed by atoms with Crippen molar-refractivity contribution in [3.8, 4) is 0 Å². The van der Waals surface area contributed by atoms with Crippen LogP contribution in [0.4, 0.5) is 5.69 Å². The van der Waals surface area contributed by atoms with Gasteiger partial charge in [0.1, 0.15) is 17.6 Å². The van der Waals surface area contributed by atoms with E-state index in [1.54, 1.807) is 42.2 Å². The van der Waals surface area contributed by atoms with Gasteiger partial charge in [-0.15, -0.1) is 0 Å². The van der Waals surface area contributed by atoms with Crippen molar-refractivity contribution in [2.45, 2.75) is 49.5 Å². The highest BCUT2D eigenvalue weighted by Gasteiger charge is 2.75. The van der Waals surface area contributed by atoms with Crippen LogP contribution in [0.15, 0.2) is 78.9 Å². The summed E-state index contributed by atoms with van der Waals surface area (Å²) < 4.78 is 12.6. The zero-order chi connectivity index (χ0) is 28.8. The molecule has 4 aliphatic heterocycles. The van der Waals surface area contributed by atoms with Crippen LogP contribution in [0.3, 0.4) is 0 Å². The number of rotatable bonds is 4. The van der Waals surface area contributed by atoms with Gasteiger partial charge in [0, 0.05) is 17.3 Å². The van der Waals surface area contributed by atoms with Gasteiger partial charge in [-0.25, -0.2) is 0 Å². The van der Waals surface area contributed by atoms with Crippen molar-refractivity contribution in [3.63, 3.8) is 0 Å². The Morgan fingerprint density at radius 3 is 2.46 bits per heavy atom. The van der Waals surface area contributed by atoms with Crippen molar-refractivity contribution >= 4 is 35.1 Å². The number of ether oxygens (including phenoxy) is 2. The molecule has 2 aromatic rings. The number of fused-ring (bicyclic) bond motifs is 2. The van der Waals surface area contributed by atoms with Gasteiger partial charge in [-0.3, -0.25) is 14.4 Å². The van der Waals surface area contributed by atoms with Crippen LogP contribution in [-0.2, 0) is 23.9 Å². The first-order valence-electron chi connectivity index (χ1n) is 14.1. The Morgan fingerprint density at radius 2 is 1.73 bits per heavy atom. The first-order chi connectivity index (χ1) is 19.8. The summed E-state index contributed by atoms with van der Waals surface area (Å²) in [5.41, 5.74) is -1.36. The summed E-state index contributed by atoms with van der Waals surface area (Å²) in [6.07, 6.45) is 9.81. The predicted octanol–water partition coefficient (Wildman–Crippen LogP) is 4.23. The zero-order valence-electron chi connectivity index (χ0n) is 22.8. The van der Waals surface area contributed by atoms with Crippen LogP contribution in [0.2, 0.25) is 5.02 Å². The number of hydrogen-bond donors (Lipinski definition) is 1. The van der Waals surface area contributed by atoms with E-state index < -0.39 is 53.6 Å². The fourth-order valence-corrected chi connectivity index (χ4v) is 7.08. The quantitative estimate of drug-likeness (QED) is 0.432. The molecule has 6 atom stereocenters. The smallest absolute Gasteiger partial charge is 0.313 e. The summed E-state index contributed by atoms with van der Waals surface area (Å²) in [5.74, 6) is -3.32. The van der Waals surface area contributed by atoms with Crippen LogP contribution >= 0.6 is 11.6 Å². The molecule has 2 aromatic carbocycles. The number of cyclic esters (lactones) is 1. The van der Waals surface area contributed by atoms with Gasteiger partial charge < -0.3 is 24.4 Å². The van der Waals surface area contributed by atoms with Gasteiger partial charge in [0.05, 0.1) is 30.8 Å². The molecule has 2 amide bonds. The lowest BCUT2D eigenvalue weighted by molar-refractivity contribution is -0.160. The number of hydrogen-bond acceptors (Lipinski definition) is 6. The summed E-state index contributed by atoms with van der Waals surface area (Å²) in [4.78, 5) is 46.0. The highest BCUT2D eigenvalue weighted by atomic mass is 35.5. The van der Waals surface area contributed by atoms with Crippen molar-refractivity contribution in [1.82, 2.24) is 4.90 Å². The third-order valence-corrected chi connectivity index (χ3v) is 9.02. The van der Waals surface area contributed by atoms with Crippen molar-refractivity contribution in [3.05, 3.63) is 89.5 Å². The summed E-state index contributed by atoms with van der Waals surface area (Å²) >= 11 is 6.13. The van der Waals surface area contributed by atoms with Crippen LogP contribution in [0, 0.1) is 11.8 Å². The van der Waals surface area contributed by atoms with Crippen LogP contribution in [0.1, 0.15) is 37.8 Å². The van der Waals surface area contributed by atoms with E-state index in [9.17, 15) is 19.5 Å². The average molecular weight is 577 g/mol. The Kier molecular flexibility index (Phi) is 7.26. The molecular weight excluding hydrogens is 544 g/mol. The minimum absolute atomic E-state index is 0.230. The van der Waals surface area contributed by atoms with Crippen molar-refractivity contribution < 1.29 is 29.0 Å². The van der Waals surface area contributed by atoms with E-state index in [0.717, 1.165) is 12.8 Å². The van der Waals surface area contributed by atoms with E-state index in [-0.39, 0.29) is 19.1 Å². The second-order valence-electron chi connectivity index (χ2n) is 11.2. The molecule has 1 spiro atoms. The molecule has 4 aliphatic rings. The lowest BCUT2D eigenvalue weighted by atomic mass is 9.74. The van der Waals surface area contributed by atoms with Crippen LogP contribution < -0.4 is 4.90 Å². The lowest BCUT2D eigenvalue weighted by Crippen LogP contribution is -2.57. The van der Waals surface area contributed by atoms with Crippen LogP contribution in [0.25, 0.3) is 0 Å². The van der Waals surface area contributed by atoms with Crippen molar-refractivity contribution in [2.24, 2.45) is 11.8 Å². The zero-order valence-corrected chi connectivity index (χ0v) is 23.6. The van der Waals surface area contributed by atoms with E-state index in [2.05, 4.69) is 0 Å². The minimum atomic E-state index is -1.46. The molecule has 2 fully saturated rings. The summed E-state index contributed by atoms with van der Waals surface area (Å²) in [5, 5.41) is 11.2. The molecule has 0 radical (unpaired) electrons. The average Bonchev–Trinajstić information content (AvgIpc) is 3.30. The van der Waals surface area contributed by atoms with Crippen molar-refractivity contribution in [1.29, 1.82) is 0 Å². The van der Waals surface area contributed by atoms with Gasteiger partial charge in [0.25, 0.3) is 5.91 Å². The van der Waals surface area contributed by atoms with E-state index in [1.807, 2.05) is 48.6 Å². The Bertz CT molecular complexity index is 1390. The maximum atomic E-state index is 14.7. The molecule has 0 saturated carbocycles. The van der Waals surface area contributed by atoms with E-state index >= 15 is 0 Å². The van der Waals surface area contributed by atoms with Gasteiger partial charge in [-0.05, 0) is 56.0 Å². The molecule has 1 N–H and O–H groups in total. The molecule has 0 aromatic heterocycles. The molecule has 0 bridgehead atoms. The van der Waals surface area contributed by atoms with Gasteiger partial charge in [0.2, 0.25) is 5.91 Å². The molecule has 8 nitrogen and oxygen atoms in total. The first kappa shape index (κ1) is 27.7. The molecule has 4 heterocycles. The third-order valence-electron chi connectivity index (χ3n) is 8.77. The highest BCUT2D eigenvalue weighted by Crippen LogP contribution is 2.58. The third kappa shape index (κ3) is 4.49. The number of amides is 2. The Hall–Kier alpha value is -3.46.